The summed E-state index contributed by atoms with van der Waals surface area (Å²) in [6, 6.07) is 11.5. The lowest BCUT2D eigenvalue weighted by Gasteiger charge is -2.19. The van der Waals surface area contributed by atoms with E-state index in [9.17, 15) is 8.78 Å². The van der Waals surface area contributed by atoms with Crippen molar-refractivity contribution in [3.63, 3.8) is 0 Å². The lowest BCUT2D eigenvalue weighted by atomic mass is 9.97. The second-order valence-corrected chi connectivity index (χ2v) is 4.97. The van der Waals surface area contributed by atoms with Crippen LogP contribution in [0.1, 0.15) is 29.7 Å². The van der Waals surface area contributed by atoms with Gasteiger partial charge in [0.15, 0.2) is 0 Å². The molecule has 0 aliphatic rings. The molecule has 106 valence electrons. The summed E-state index contributed by atoms with van der Waals surface area (Å²) < 4.78 is 27.3. The molecule has 2 aromatic rings. The number of likely N-dealkylation sites (N-methyl/N-ethyl adjacent to an activating group) is 1. The zero-order valence-corrected chi connectivity index (χ0v) is 11.8. The zero-order chi connectivity index (χ0) is 14.5. The van der Waals surface area contributed by atoms with Crippen LogP contribution < -0.4 is 5.32 Å². The van der Waals surface area contributed by atoms with Gasteiger partial charge in [-0.3, -0.25) is 0 Å². The highest BCUT2D eigenvalue weighted by molar-refractivity contribution is 5.28. The van der Waals surface area contributed by atoms with E-state index < -0.39 is 0 Å². The van der Waals surface area contributed by atoms with Gasteiger partial charge in [0.05, 0.1) is 0 Å². The molecule has 0 aliphatic heterocycles. The van der Waals surface area contributed by atoms with Crippen LogP contribution >= 0.6 is 0 Å². The van der Waals surface area contributed by atoms with E-state index in [0.29, 0.717) is 12.0 Å². The summed E-state index contributed by atoms with van der Waals surface area (Å²) in [5.41, 5.74) is 2.38. The van der Waals surface area contributed by atoms with Crippen LogP contribution in [0.2, 0.25) is 0 Å². The molecule has 0 spiro atoms. The minimum atomic E-state index is -0.262. The van der Waals surface area contributed by atoms with Crippen LogP contribution in [0.5, 0.6) is 0 Å². The van der Waals surface area contributed by atoms with Crippen molar-refractivity contribution in [2.75, 3.05) is 6.54 Å². The standard InChI is InChI=1S/C17H19F2N/c1-3-20-17(11-13-5-4-6-14(18)10-13)15-8-7-12(2)9-16(15)19/h4-10,17,20H,3,11H2,1-2H3. The molecule has 1 unspecified atom stereocenters. The molecule has 2 rings (SSSR count). The minimum absolute atomic E-state index is 0.151. The Bertz CT molecular complexity index is 581. The molecule has 0 amide bonds. The second-order valence-electron chi connectivity index (χ2n) is 4.97. The summed E-state index contributed by atoms with van der Waals surface area (Å²) in [5, 5.41) is 3.26. The average molecular weight is 275 g/mol. The predicted molar refractivity (Wildman–Crippen MR) is 77.7 cm³/mol. The number of aryl methyl sites for hydroxylation is 1. The third-order valence-corrected chi connectivity index (χ3v) is 3.31. The fourth-order valence-electron chi connectivity index (χ4n) is 2.35. The van der Waals surface area contributed by atoms with Gasteiger partial charge in [-0.2, -0.15) is 0 Å². The van der Waals surface area contributed by atoms with Crippen molar-refractivity contribution in [3.05, 3.63) is 70.8 Å². The topological polar surface area (TPSA) is 12.0 Å². The van der Waals surface area contributed by atoms with Gasteiger partial charge < -0.3 is 5.32 Å². The molecular formula is C17H19F2N. The summed E-state index contributed by atoms with van der Waals surface area (Å²) in [4.78, 5) is 0. The molecule has 2 aromatic carbocycles. The van der Waals surface area contributed by atoms with Crippen LogP contribution in [0.25, 0.3) is 0 Å². The SMILES string of the molecule is CCNC(Cc1cccc(F)c1)c1ccc(C)cc1F. The Morgan fingerprint density at radius 3 is 2.55 bits per heavy atom. The van der Waals surface area contributed by atoms with Crippen molar-refractivity contribution in [2.24, 2.45) is 0 Å². The largest absolute Gasteiger partial charge is 0.310 e. The molecule has 0 saturated carbocycles. The maximum Gasteiger partial charge on any atom is 0.128 e. The van der Waals surface area contributed by atoms with Crippen molar-refractivity contribution in [1.82, 2.24) is 5.32 Å². The van der Waals surface area contributed by atoms with Crippen LogP contribution in [0.4, 0.5) is 8.78 Å². The molecule has 0 aliphatic carbocycles. The average Bonchev–Trinajstić information content (AvgIpc) is 2.38. The van der Waals surface area contributed by atoms with E-state index >= 15 is 0 Å². The van der Waals surface area contributed by atoms with Crippen LogP contribution in [0.15, 0.2) is 42.5 Å². The highest BCUT2D eigenvalue weighted by Gasteiger charge is 2.15. The second kappa shape index (κ2) is 6.62. The molecule has 1 atom stereocenters. The maximum atomic E-state index is 14.1. The van der Waals surface area contributed by atoms with E-state index in [4.69, 9.17) is 0 Å². The maximum absolute atomic E-state index is 14.1. The first-order chi connectivity index (χ1) is 9.60. The van der Waals surface area contributed by atoms with Gasteiger partial charge in [0.2, 0.25) is 0 Å². The number of hydrogen-bond donors (Lipinski definition) is 1. The smallest absolute Gasteiger partial charge is 0.128 e. The van der Waals surface area contributed by atoms with Crippen LogP contribution in [-0.4, -0.2) is 6.54 Å². The van der Waals surface area contributed by atoms with E-state index in [0.717, 1.165) is 17.7 Å². The van der Waals surface area contributed by atoms with Gasteiger partial charge in [0, 0.05) is 11.6 Å². The lowest BCUT2D eigenvalue weighted by molar-refractivity contribution is 0.508. The molecule has 3 heteroatoms. The Kier molecular flexibility index (Phi) is 4.85. The molecule has 1 nitrogen and oxygen atoms in total. The summed E-state index contributed by atoms with van der Waals surface area (Å²) in [5.74, 6) is -0.477. The lowest BCUT2D eigenvalue weighted by Crippen LogP contribution is -2.24. The van der Waals surface area contributed by atoms with Gasteiger partial charge in [0.25, 0.3) is 0 Å². The first kappa shape index (κ1) is 14.7. The Balaban J connectivity index is 2.26. The quantitative estimate of drug-likeness (QED) is 0.863. The molecule has 0 heterocycles. The normalized spacial score (nSPS) is 12.4. The Morgan fingerprint density at radius 2 is 1.90 bits per heavy atom. The monoisotopic (exact) mass is 275 g/mol. The fourth-order valence-corrected chi connectivity index (χ4v) is 2.35. The van der Waals surface area contributed by atoms with Gasteiger partial charge >= 0.3 is 0 Å². The van der Waals surface area contributed by atoms with Crippen molar-refractivity contribution < 1.29 is 8.78 Å². The van der Waals surface area contributed by atoms with Crippen LogP contribution in [0.3, 0.4) is 0 Å². The van der Waals surface area contributed by atoms with Crippen LogP contribution in [0, 0.1) is 18.6 Å². The molecule has 0 radical (unpaired) electrons. The van der Waals surface area contributed by atoms with Crippen molar-refractivity contribution in [3.8, 4) is 0 Å². The summed E-state index contributed by atoms with van der Waals surface area (Å²) >= 11 is 0. The van der Waals surface area contributed by atoms with Gasteiger partial charge in [-0.15, -0.1) is 0 Å². The van der Waals surface area contributed by atoms with Gasteiger partial charge in [-0.25, -0.2) is 8.78 Å². The number of hydrogen-bond acceptors (Lipinski definition) is 1. The summed E-state index contributed by atoms with van der Waals surface area (Å²) in [7, 11) is 0. The highest BCUT2D eigenvalue weighted by atomic mass is 19.1. The van der Waals surface area contributed by atoms with E-state index in [2.05, 4.69) is 5.32 Å². The Morgan fingerprint density at radius 1 is 1.10 bits per heavy atom. The third kappa shape index (κ3) is 3.64. The molecule has 0 bridgehead atoms. The number of nitrogens with one attached hydrogen (secondary N) is 1. The van der Waals surface area contributed by atoms with Crippen molar-refractivity contribution in [1.29, 1.82) is 0 Å². The molecule has 1 N–H and O–H groups in total. The fraction of sp³-hybridized carbons (Fsp3) is 0.294. The molecule has 0 aromatic heterocycles. The first-order valence-corrected chi connectivity index (χ1v) is 6.84. The minimum Gasteiger partial charge on any atom is -0.310 e. The van der Waals surface area contributed by atoms with Gasteiger partial charge in [-0.05, 0) is 49.2 Å². The predicted octanol–water partition coefficient (Wildman–Crippen LogP) is 4.17. The highest BCUT2D eigenvalue weighted by Crippen LogP contribution is 2.22. The molecule has 0 saturated heterocycles. The van der Waals surface area contributed by atoms with E-state index in [1.54, 1.807) is 12.1 Å². The van der Waals surface area contributed by atoms with Crippen LogP contribution in [-0.2, 0) is 6.42 Å². The van der Waals surface area contributed by atoms with Crippen molar-refractivity contribution in [2.45, 2.75) is 26.3 Å². The third-order valence-electron chi connectivity index (χ3n) is 3.31. The molecular weight excluding hydrogens is 256 g/mol. The zero-order valence-electron chi connectivity index (χ0n) is 11.8. The molecule has 0 fully saturated rings. The Labute approximate surface area is 118 Å². The summed E-state index contributed by atoms with van der Waals surface area (Å²) in [6.45, 7) is 4.57. The van der Waals surface area contributed by atoms with E-state index in [-0.39, 0.29) is 17.7 Å². The summed E-state index contributed by atoms with van der Waals surface area (Å²) in [6.07, 6.45) is 0.561. The van der Waals surface area contributed by atoms with Gasteiger partial charge in [-0.1, -0.05) is 31.2 Å². The number of benzene rings is 2. The van der Waals surface area contributed by atoms with Gasteiger partial charge in [0.1, 0.15) is 11.6 Å². The first-order valence-electron chi connectivity index (χ1n) is 6.84. The van der Waals surface area contributed by atoms with E-state index in [1.165, 1.54) is 18.2 Å². The van der Waals surface area contributed by atoms with E-state index in [1.807, 2.05) is 26.0 Å². The molecule has 20 heavy (non-hydrogen) atoms. The Hall–Kier alpha value is -1.74. The van der Waals surface area contributed by atoms with Crippen molar-refractivity contribution >= 4 is 0 Å². The number of halogens is 2. The number of rotatable bonds is 5.